The topological polar surface area (TPSA) is 49.3 Å². The van der Waals surface area contributed by atoms with Gasteiger partial charge in [-0.25, -0.2) is 0 Å². The van der Waals surface area contributed by atoms with Gasteiger partial charge in [-0.3, -0.25) is 4.79 Å². The van der Waals surface area contributed by atoms with Crippen molar-refractivity contribution in [1.82, 2.24) is 5.32 Å². The van der Waals surface area contributed by atoms with Gasteiger partial charge in [0.15, 0.2) is 0 Å². The molecule has 1 saturated heterocycles. The van der Waals surface area contributed by atoms with Crippen LogP contribution in [-0.2, 0) is 11.2 Å². The van der Waals surface area contributed by atoms with E-state index in [1.165, 1.54) is 16.7 Å². The maximum absolute atomic E-state index is 12.5. The van der Waals surface area contributed by atoms with Crippen LogP contribution in [0.4, 0.5) is 0 Å². The molecule has 114 valence electrons. The summed E-state index contributed by atoms with van der Waals surface area (Å²) in [5, 5.41) is 13.7. The Balaban J connectivity index is 1.79. The molecule has 0 spiro atoms. The number of benzene rings is 1. The van der Waals surface area contributed by atoms with E-state index in [2.05, 4.69) is 37.4 Å². The number of nitrogens with one attached hydrogen (secondary N) is 1. The molecule has 0 bridgehead atoms. The third-order valence-electron chi connectivity index (χ3n) is 4.78. The van der Waals surface area contributed by atoms with Crippen molar-refractivity contribution < 1.29 is 9.90 Å². The van der Waals surface area contributed by atoms with Gasteiger partial charge in [0.25, 0.3) is 5.91 Å². The zero-order valence-corrected chi connectivity index (χ0v) is 13.5. The number of fused-ring (bicyclic) bond motifs is 1. The first kappa shape index (κ1) is 14.9. The zero-order chi connectivity index (χ0) is 15.0. The highest BCUT2D eigenvalue weighted by molar-refractivity contribution is 7.99. The van der Waals surface area contributed by atoms with Crippen LogP contribution in [0.5, 0.6) is 0 Å². The molecule has 0 aromatic heterocycles. The molecule has 21 heavy (non-hydrogen) atoms. The van der Waals surface area contributed by atoms with E-state index in [-0.39, 0.29) is 11.9 Å². The van der Waals surface area contributed by atoms with Crippen molar-refractivity contribution in [2.24, 2.45) is 5.92 Å². The second-order valence-corrected chi connectivity index (χ2v) is 7.70. The molecular weight excluding hydrogens is 282 g/mol. The Kier molecular flexibility index (Phi) is 4.02. The molecule has 2 N–H and O–H groups in total. The molecule has 2 atom stereocenters. The molecule has 4 heteroatoms. The van der Waals surface area contributed by atoms with E-state index in [1.807, 2.05) is 11.8 Å². The van der Waals surface area contributed by atoms with Gasteiger partial charge in [-0.05, 0) is 54.7 Å². The van der Waals surface area contributed by atoms with Crippen molar-refractivity contribution in [2.75, 3.05) is 11.5 Å². The zero-order valence-electron chi connectivity index (χ0n) is 12.7. The average Bonchev–Trinajstić information content (AvgIpc) is 2.76. The Morgan fingerprint density at radius 2 is 2.10 bits per heavy atom. The van der Waals surface area contributed by atoms with E-state index in [0.717, 1.165) is 17.9 Å². The second-order valence-electron chi connectivity index (χ2n) is 6.48. The van der Waals surface area contributed by atoms with E-state index in [9.17, 15) is 9.90 Å². The molecule has 2 aliphatic rings. The number of thioether (sulfide) groups is 1. The molecule has 3 nitrogen and oxygen atoms in total. The average molecular weight is 305 g/mol. The van der Waals surface area contributed by atoms with Gasteiger partial charge in [-0.1, -0.05) is 30.7 Å². The first-order valence-corrected chi connectivity index (χ1v) is 8.85. The van der Waals surface area contributed by atoms with Gasteiger partial charge in [0, 0.05) is 0 Å². The number of hydrogen-bond donors (Lipinski definition) is 2. The fraction of sp³-hybridized carbons (Fsp3) is 0.588. The lowest BCUT2D eigenvalue weighted by molar-refractivity contribution is -0.141. The molecule has 1 aromatic carbocycles. The van der Waals surface area contributed by atoms with Crippen molar-refractivity contribution >= 4 is 17.7 Å². The number of carbonyl (C=O) groups is 1. The van der Waals surface area contributed by atoms with Gasteiger partial charge in [0.05, 0.1) is 6.04 Å². The predicted molar refractivity (Wildman–Crippen MR) is 86.4 cm³/mol. The quantitative estimate of drug-likeness (QED) is 0.883. The number of aliphatic hydroxyl groups is 1. The molecule has 1 amide bonds. The number of aryl methyl sites for hydroxylation is 1. The minimum atomic E-state index is -1.17. The maximum atomic E-state index is 12.5. The number of amides is 1. The fourth-order valence-electron chi connectivity index (χ4n) is 3.39. The number of hydrogen-bond acceptors (Lipinski definition) is 3. The van der Waals surface area contributed by atoms with E-state index >= 15 is 0 Å². The minimum Gasteiger partial charge on any atom is -0.380 e. The third kappa shape index (κ3) is 2.84. The normalized spacial score (nSPS) is 27.2. The Hall–Kier alpha value is -1.000. The van der Waals surface area contributed by atoms with E-state index in [1.54, 1.807) is 0 Å². The molecular formula is C17H23NO2S. The highest BCUT2D eigenvalue weighted by Gasteiger charge is 2.40. The van der Waals surface area contributed by atoms with E-state index in [0.29, 0.717) is 18.8 Å². The van der Waals surface area contributed by atoms with Gasteiger partial charge in [-0.15, -0.1) is 0 Å². The van der Waals surface area contributed by atoms with Crippen LogP contribution < -0.4 is 5.32 Å². The lowest BCUT2D eigenvalue weighted by Crippen LogP contribution is -2.50. The van der Waals surface area contributed by atoms with Gasteiger partial charge < -0.3 is 10.4 Å². The number of rotatable bonds is 2. The van der Waals surface area contributed by atoms with Gasteiger partial charge in [0.1, 0.15) is 5.60 Å². The highest BCUT2D eigenvalue weighted by Crippen LogP contribution is 2.37. The van der Waals surface area contributed by atoms with E-state index < -0.39 is 5.60 Å². The summed E-state index contributed by atoms with van der Waals surface area (Å²) in [6.07, 6.45) is 2.12. The first-order chi connectivity index (χ1) is 9.99. The Labute approximate surface area is 130 Å². The van der Waals surface area contributed by atoms with Crippen LogP contribution in [0.2, 0.25) is 0 Å². The fourth-order valence-corrected chi connectivity index (χ4v) is 4.56. The van der Waals surface area contributed by atoms with Crippen molar-refractivity contribution in [3.8, 4) is 0 Å². The summed E-state index contributed by atoms with van der Waals surface area (Å²) in [4.78, 5) is 12.5. The first-order valence-electron chi connectivity index (χ1n) is 7.70. The molecule has 0 saturated carbocycles. The van der Waals surface area contributed by atoms with E-state index in [4.69, 9.17) is 0 Å². The third-order valence-corrected chi connectivity index (χ3v) is 5.76. The predicted octanol–water partition coefficient (Wildman–Crippen LogP) is 2.60. The summed E-state index contributed by atoms with van der Waals surface area (Å²) >= 11 is 1.81. The smallest absolute Gasteiger partial charge is 0.252 e. The largest absolute Gasteiger partial charge is 0.380 e. The van der Waals surface area contributed by atoms with Crippen molar-refractivity contribution in [3.63, 3.8) is 0 Å². The van der Waals surface area contributed by atoms with Crippen LogP contribution in [0.3, 0.4) is 0 Å². The van der Waals surface area contributed by atoms with Crippen LogP contribution in [0.15, 0.2) is 18.2 Å². The maximum Gasteiger partial charge on any atom is 0.252 e. The van der Waals surface area contributed by atoms with Gasteiger partial charge >= 0.3 is 0 Å². The summed E-state index contributed by atoms with van der Waals surface area (Å²) in [5.74, 6) is 1.92. The summed E-state index contributed by atoms with van der Waals surface area (Å²) in [7, 11) is 0. The lowest BCUT2D eigenvalue weighted by atomic mass is 9.93. The lowest BCUT2D eigenvalue weighted by Gasteiger charge is -2.32. The van der Waals surface area contributed by atoms with Crippen LogP contribution in [0, 0.1) is 12.8 Å². The van der Waals surface area contributed by atoms with Gasteiger partial charge in [-0.2, -0.15) is 11.8 Å². The molecule has 1 fully saturated rings. The number of carbonyl (C=O) groups excluding carboxylic acids is 1. The molecule has 1 heterocycles. The van der Waals surface area contributed by atoms with Crippen molar-refractivity contribution in [3.05, 3.63) is 34.9 Å². The van der Waals surface area contributed by atoms with Crippen molar-refractivity contribution in [1.29, 1.82) is 0 Å². The van der Waals surface area contributed by atoms with Crippen LogP contribution in [0.1, 0.15) is 42.5 Å². The van der Waals surface area contributed by atoms with Crippen LogP contribution >= 0.6 is 11.8 Å². The molecule has 2 unspecified atom stereocenters. The van der Waals surface area contributed by atoms with Gasteiger partial charge in [0.2, 0.25) is 0 Å². The Morgan fingerprint density at radius 1 is 1.38 bits per heavy atom. The van der Waals surface area contributed by atoms with Crippen molar-refractivity contribution in [2.45, 2.75) is 44.8 Å². The van der Waals surface area contributed by atoms with Crippen LogP contribution in [0.25, 0.3) is 0 Å². The Bertz CT molecular complexity index is 552. The second kappa shape index (κ2) is 5.65. The monoisotopic (exact) mass is 305 g/mol. The highest BCUT2D eigenvalue weighted by atomic mass is 32.2. The minimum absolute atomic E-state index is 0.0333. The van der Waals surface area contributed by atoms with Crippen LogP contribution in [-0.4, -0.2) is 28.1 Å². The molecule has 1 aliphatic heterocycles. The summed E-state index contributed by atoms with van der Waals surface area (Å²) in [6, 6.07) is 6.50. The molecule has 0 radical (unpaired) electrons. The molecule has 1 aromatic rings. The SMILES string of the molecule is Cc1ccc2c(c1)C(NC(=O)C1(O)CCSCC1)C(C)C2. The molecule has 3 rings (SSSR count). The molecule has 1 aliphatic carbocycles. The summed E-state index contributed by atoms with van der Waals surface area (Å²) in [5.41, 5.74) is 2.60. The standard InChI is InChI=1S/C17H23NO2S/c1-11-3-4-13-10-12(2)15(14(13)9-11)18-16(19)17(20)5-7-21-8-6-17/h3-4,9,12,15,20H,5-8,10H2,1-2H3,(H,18,19). The summed E-state index contributed by atoms with van der Waals surface area (Å²) < 4.78 is 0. The summed E-state index contributed by atoms with van der Waals surface area (Å²) in [6.45, 7) is 4.25. The Morgan fingerprint density at radius 3 is 2.81 bits per heavy atom.